The van der Waals surface area contributed by atoms with E-state index in [1.807, 2.05) is 73.6 Å². The van der Waals surface area contributed by atoms with Crippen molar-refractivity contribution in [3.63, 3.8) is 0 Å². The molecule has 0 aliphatic heterocycles. The smallest absolute Gasteiger partial charge is 0.255 e. The molecule has 2 aromatic carbocycles. The SMILES string of the molecule is CN(C)c1ccc(NC(=O)c2ccccc2Cc2ccccc2)cn1. The van der Waals surface area contributed by atoms with E-state index in [4.69, 9.17) is 0 Å². The van der Waals surface area contributed by atoms with E-state index in [-0.39, 0.29) is 5.91 Å². The van der Waals surface area contributed by atoms with Gasteiger partial charge in [0.1, 0.15) is 5.82 Å². The van der Waals surface area contributed by atoms with Crippen LogP contribution in [0.15, 0.2) is 72.9 Å². The van der Waals surface area contributed by atoms with Crippen molar-refractivity contribution in [1.29, 1.82) is 0 Å². The summed E-state index contributed by atoms with van der Waals surface area (Å²) in [5, 5.41) is 2.93. The van der Waals surface area contributed by atoms with Gasteiger partial charge in [0, 0.05) is 19.7 Å². The molecule has 0 atom stereocenters. The summed E-state index contributed by atoms with van der Waals surface area (Å²) in [5.74, 6) is 0.730. The van der Waals surface area contributed by atoms with Crippen LogP contribution in [-0.4, -0.2) is 25.0 Å². The third-order valence-electron chi connectivity index (χ3n) is 3.96. The molecule has 0 spiro atoms. The third-order valence-corrected chi connectivity index (χ3v) is 3.96. The van der Waals surface area contributed by atoms with Gasteiger partial charge in [-0.3, -0.25) is 4.79 Å². The van der Waals surface area contributed by atoms with E-state index in [9.17, 15) is 4.79 Å². The molecule has 0 saturated carbocycles. The summed E-state index contributed by atoms with van der Waals surface area (Å²) in [6.07, 6.45) is 2.40. The molecular weight excluding hydrogens is 310 g/mol. The molecular formula is C21H21N3O. The summed E-state index contributed by atoms with van der Waals surface area (Å²) in [6.45, 7) is 0. The Morgan fingerprint density at radius 3 is 2.36 bits per heavy atom. The Kier molecular flexibility index (Phi) is 5.09. The standard InChI is InChI=1S/C21H21N3O/c1-24(2)20-13-12-18(15-22-20)23-21(25)19-11-7-6-10-17(19)14-16-8-4-3-5-9-16/h3-13,15H,14H2,1-2H3,(H,23,25). The van der Waals surface area contributed by atoms with Crippen LogP contribution in [0.25, 0.3) is 0 Å². The Bertz CT molecular complexity index is 843. The van der Waals surface area contributed by atoms with Gasteiger partial charge in [-0.15, -0.1) is 0 Å². The Morgan fingerprint density at radius 1 is 0.960 bits per heavy atom. The van der Waals surface area contributed by atoms with E-state index < -0.39 is 0 Å². The van der Waals surface area contributed by atoms with E-state index in [1.165, 1.54) is 5.56 Å². The molecule has 3 aromatic rings. The van der Waals surface area contributed by atoms with Crippen molar-refractivity contribution in [2.45, 2.75) is 6.42 Å². The first-order valence-electron chi connectivity index (χ1n) is 8.20. The monoisotopic (exact) mass is 331 g/mol. The highest BCUT2D eigenvalue weighted by Gasteiger charge is 2.12. The summed E-state index contributed by atoms with van der Waals surface area (Å²) < 4.78 is 0. The zero-order valence-electron chi connectivity index (χ0n) is 14.4. The summed E-state index contributed by atoms with van der Waals surface area (Å²) in [6, 6.07) is 21.6. The Hall–Kier alpha value is -3.14. The lowest BCUT2D eigenvalue weighted by Crippen LogP contribution is -2.15. The van der Waals surface area contributed by atoms with Crippen molar-refractivity contribution in [1.82, 2.24) is 4.98 Å². The van der Waals surface area contributed by atoms with Gasteiger partial charge in [0.25, 0.3) is 5.91 Å². The average molecular weight is 331 g/mol. The Morgan fingerprint density at radius 2 is 1.68 bits per heavy atom. The van der Waals surface area contributed by atoms with Gasteiger partial charge in [-0.25, -0.2) is 4.98 Å². The lowest BCUT2D eigenvalue weighted by Gasteiger charge is -2.13. The first kappa shape index (κ1) is 16.7. The van der Waals surface area contributed by atoms with Crippen LogP contribution in [0.4, 0.5) is 11.5 Å². The number of rotatable bonds is 5. The van der Waals surface area contributed by atoms with Crippen LogP contribution in [0, 0.1) is 0 Å². The highest BCUT2D eigenvalue weighted by Crippen LogP contribution is 2.17. The molecule has 1 aromatic heterocycles. The molecule has 3 rings (SSSR count). The van der Waals surface area contributed by atoms with Crippen LogP contribution < -0.4 is 10.2 Å². The lowest BCUT2D eigenvalue weighted by atomic mass is 9.99. The summed E-state index contributed by atoms with van der Waals surface area (Å²) in [4.78, 5) is 18.9. The van der Waals surface area contributed by atoms with Crippen LogP contribution in [0.2, 0.25) is 0 Å². The molecule has 0 fully saturated rings. The Labute approximate surface area is 148 Å². The molecule has 1 amide bonds. The van der Waals surface area contributed by atoms with E-state index >= 15 is 0 Å². The van der Waals surface area contributed by atoms with Crippen molar-refractivity contribution in [2.24, 2.45) is 0 Å². The fraction of sp³-hybridized carbons (Fsp3) is 0.143. The van der Waals surface area contributed by atoms with Gasteiger partial charge in [0.15, 0.2) is 0 Å². The number of nitrogens with zero attached hydrogens (tertiary/aromatic N) is 2. The van der Waals surface area contributed by atoms with E-state index in [0.717, 1.165) is 17.8 Å². The molecule has 1 N–H and O–H groups in total. The van der Waals surface area contributed by atoms with Crippen molar-refractivity contribution < 1.29 is 4.79 Å². The molecule has 4 heteroatoms. The first-order chi connectivity index (χ1) is 12.1. The van der Waals surface area contributed by atoms with Crippen molar-refractivity contribution in [3.05, 3.63) is 89.6 Å². The van der Waals surface area contributed by atoms with Gasteiger partial charge < -0.3 is 10.2 Å². The normalized spacial score (nSPS) is 10.3. The topological polar surface area (TPSA) is 45.2 Å². The van der Waals surface area contributed by atoms with Gasteiger partial charge in [-0.2, -0.15) is 0 Å². The largest absolute Gasteiger partial charge is 0.363 e. The molecule has 1 heterocycles. The van der Waals surface area contributed by atoms with Crippen molar-refractivity contribution >= 4 is 17.4 Å². The molecule has 126 valence electrons. The van der Waals surface area contributed by atoms with Gasteiger partial charge in [-0.05, 0) is 35.7 Å². The lowest BCUT2D eigenvalue weighted by molar-refractivity contribution is 0.102. The second-order valence-corrected chi connectivity index (χ2v) is 6.07. The van der Waals surface area contributed by atoms with Crippen LogP contribution >= 0.6 is 0 Å². The second kappa shape index (κ2) is 7.62. The maximum absolute atomic E-state index is 12.7. The molecule has 0 aliphatic rings. The molecule has 0 saturated heterocycles. The minimum atomic E-state index is -0.120. The Balaban J connectivity index is 1.78. The number of hydrogen-bond donors (Lipinski definition) is 1. The highest BCUT2D eigenvalue weighted by atomic mass is 16.1. The molecule has 0 radical (unpaired) electrons. The molecule has 0 aliphatic carbocycles. The van der Waals surface area contributed by atoms with E-state index in [1.54, 1.807) is 6.20 Å². The number of amides is 1. The summed E-state index contributed by atoms with van der Waals surface area (Å²) in [7, 11) is 3.86. The van der Waals surface area contributed by atoms with Crippen LogP contribution in [-0.2, 0) is 6.42 Å². The fourth-order valence-corrected chi connectivity index (χ4v) is 2.63. The minimum absolute atomic E-state index is 0.120. The van der Waals surface area contributed by atoms with E-state index in [0.29, 0.717) is 11.3 Å². The molecule has 0 bridgehead atoms. The van der Waals surface area contributed by atoms with E-state index in [2.05, 4.69) is 22.4 Å². The third kappa shape index (κ3) is 4.23. The van der Waals surface area contributed by atoms with Gasteiger partial charge in [0.2, 0.25) is 0 Å². The number of carbonyl (C=O) groups excluding carboxylic acids is 1. The predicted octanol–water partition coefficient (Wildman–Crippen LogP) is 3.99. The molecule has 25 heavy (non-hydrogen) atoms. The van der Waals surface area contributed by atoms with Crippen LogP contribution in [0.5, 0.6) is 0 Å². The summed E-state index contributed by atoms with van der Waals surface area (Å²) >= 11 is 0. The maximum Gasteiger partial charge on any atom is 0.255 e. The number of anilines is 2. The minimum Gasteiger partial charge on any atom is -0.363 e. The zero-order chi connectivity index (χ0) is 17.6. The number of nitrogens with one attached hydrogen (secondary N) is 1. The average Bonchev–Trinajstić information content (AvgIpc) is 2.63. The summed E-state index contributed by atoms with van der Waals surface area (Å²) in [5.41, 5.74) is 3.55. The zero-order valence-corrected chi connectivity index (χ0v) is 14.4. The highest BCUT2D eigenvalue weighted by molar-refractivity contribution is 6.05. The fourth-order valence-electron chi connectivity index (χ4n) is 2.63. The molecule has 4 nitrogen and oxygen atoms in total. The van der Waals surface area contributed by atoms with Crippen molar-refractivity contribution in [2.75, 3.05) is 24.3 Å². The maximum atomic E-state index is 12.7. The number of aromatic nitrogens is 1. The number of pyridine rings is 1. The quantitative estimate of drug-likeness (QED) is 0.769. The first-order valence-corrected chi connectivity index (χ1v) is 8.20. The van der Waals surface area contributed by atoms with Gasteiger partial charge >= 0.3 is 0 Å². The number of benzene rings is 2. The molecule has 0 unspecified atom stereocenters. The number of carbonyl (C=O) groups is 1. The van der Waals surface area contributed by atoms with Gasteiger partial charge in [-0.1, -0.05) is 48.5 Å². The van der Waals surface area contributed by atoms with Crippen LogP contribution in [0.1, 0.15) is 21.5 Å². The number of hydrogen-bond acceptors (Lipinski definition) is 3. The van der Waals surface area contributed by atoms with Crippen molar-refractivity contribution in [3.8, 4) is 0 Å². The van der Waals surface area contributed by atoms with Gasteiger partial charge in [0.05, 0.1) is 11.9 Å². The van der Waals surface area contributed by atoms with Crippen LogP contribution in [0.3, 0.4) is 0 Å². The predicted molar refractivity (Wildman–Crippen MR) is 102 cm³/mol. The second-order valence-electron chi connectivity index (χ2n) is 6.07.